The van der Waals surface area contributed by atoms with Gasteiger partial charge in [0.1, 0.15) is 11.9 Å². The fraction of sp³-hybridized carbons (Fsp3) is 0.417. The van der Waals surface area contributed by atoms with Crippen molar-refractivity contribution in [1.29, 1.82) is 0 Å². The molecular formula is C12H16O3S. The Balaban J connectivity index is 2.31. The summed E-state index contributed by atoms with van der Waals surface area (Å²) in [7, 11) is 0. The highest BCUT2D eigenvalue weighted by Gasteiger charge is 2.12. The van der Waals surface area contributed by atoms with Crippen LogP contribution >= 0.6 is 12.2 Å². The fourth-order valence-corrected chi connectivity index (χ4v) is 1.21. The van der Waals surface area contributed by atoms with Crippen molar-refractivity contribution in [1.82, 2.24) is 0 Å². The van der Waals surface area contributed by atoms with Gasteiger partial charge in [-0.15, -0.1) is 0 Å². The van der Waals surface area contributed by atoms with Crippen molar-refractivity contribution >= 4 is 17.3 Å². The molecule has 0 heterocycles. The van der Waals surface area contributed by atoms with Crippen LogP contribution in [0.3, 0.4) is 0 Å². The Hall–Kier alpha value is -1.13. The highest BCUT2D eigenvalue weighted by Crippen LogP contribution is 2.08. The number of thiocarbonyl (C=S) groups is 1. The van der Waals surface area contributed by atoms with E-state index in [1.54, 1.807) is 13.8 Å². The molecule has 0 aliphatic rings. The first-order valence-corrected chi connectivity index (χ1v) is 5.56. The number of ether oxygens (including phenoxy) is 2. The second kappa shape index (κ2) is 6.45. The number of rotatable bonds is 5. The molecule has 0 fully saturated rings. The third-order valence-electron chi connectivity index (χ3n) is 2.10. The lowest BCUT2D eigenvalue weighted by Crippen LogP contribution is -2.27. The van der Waals surface area contributed by atoms with Gasteiger partial charge in [-0.05, 0) is 38.2 Å². The zero-order chi connectivity index (χ0) is 12.0. The van der Waals surface area contributed by atoms with Gasteiger partial charge >= 0.3 is 0 Å². The van der Waals surface area contributed by atoms with Gasteiger partial charge in [0.25, 0.3) is 0 Å². The van der Waals surface area contributed by atoms with Gasteiger partial charge in [-0.3, -0.25) is 0 Å². The predicted octanol–water partition coefficient (Wildman–Crippen LogP) is 2.18. The summed E-state index contributed by atoms with van der Waals surface area (Å²) in [5.41, 5.74) is 0. The van der Waals surface area contributed by atoms with Gasteiger partial charge in [-0.1, -0.05) is 18.2 Å². The van der Waals surface area contributed by atoms with Crippen LogP contribution in [0.2, 0.25) is 0 Å². The Bertz CT molecular complexity index is 324. The van der Waals surface area contributed by atoms with Crippen molar-refractivity contribution in [3.63, 3.8) is 0 Å². The second-order valence-corrected chi connectivity index (χ2v) is 3.99. The molecule has 0 aliphatic carbocycles. The van der Waals surface area contributed by atoms with E-state index in [0.717, 1.165) is 5.75 Å². The quantitative estimate of drug-likeness (QED) is 0.801. The van der Waals surface area contributed by atoms with Crippen LogP contribution in [-0.4, -0.2) is 29.0 Å². The minimum atomic E-state index is -0.547. The van der Waals surface area contributed by atoms with Crippen molar-refractivity contribution in [2.75, 3.05) is 6.61 Å². The van der Waals surface area contributed by atoms with Crippen LogP contribution in [0.4, 0.5) is 0 Å². The monoisotopic (exact) mass is 240 g/mol. The summed E-state index contributed by atoms with van der Waals surface area (Å²) in [6.45, 7) is 3.64. The van der Waals surface area contributed by atoms with Gasteiger partial charge in [-0.25, -0.2) is 0 Å². The van der Waals surface area contributed by atoms with Gasteiger partial charge in [0.05, 0.1) is 6.10 Å². The standard InChI is InChI=1S/C12H16O3S/c1-9(13)10(2)15-12(16)8-14-11-6-4-3-5-7-11/h3-7,9-10,13H,8H2,1-2H3. The number of hydrogen-bond acceptors (Lipinski definition) is 4. The highest BCUT2D eigenvalue weighted by atomic mass is 32.1. The molecule has 0 spiro atoms. The molecule has 16 heavy (non-hydrogen) atoms. The first-order valence-electron chi connectivity index (χ1n) is 5.15. The minimum Gasteiger partial charge on any atom is -0.485 e. The fourth-order valence-electron chi connectivity index (χ4n) is 0.999. The summed E-state index contributed by atoms with van der Waals surface area (Å²) >= 11 is 4.99. The maximum Gasteiger partial charge on any atom is 0.198 e. The highest BCUT2D eigenvalue weighted by molar-refractivity contribution is 7.80. The number of para-hydroxylation sites is 1. The van der Waals surface area contributed by atoms with Crippen LogP contribution in [0.15, 0.2) is 30.3 Å². The lowest BCUT2D eigenvalue weighted by atomic mass is 10.3. The summed E-state index contributed by atoms with van der Waals surface area (Å²) < 4.78 is 10.7. The maximum absolute atomic E-state index is 9.23. The van der Waals surface area contributed by atoms with Crippen molar-refractivity contribution < 1.29 is 14.6 Å². The van der Waals surface area contributed by atoms with E-state index in [0.29, 0.717) is 5.05 Å². The summed E-state index contributed by atoms with van der Waals surface area (Å²) in [4.78, 5) is 0. The van der Waals surface area contributed by atoms with E-state index >= 15 is 0 Å². The Labute approximate surface area is 101 Å². The van der Waals surface area contributed by atoms with Crippen LogP contribution in [-0.2, 0) is 4.74 Å². The van der Waals surface area contributed by atoms with E-state index in [9.17, 15) is 5.11 Å². The molecule has 0 aromatic heterocycles. The van der Waals surface area contributed by atoms with Crippen molar-refractivity contribution in [3.05, 3.63) is 30.3 Å². The van der Waals surface area contributed by atoms with E-state index in [4.69, 9.17) is 21.7 Å². The largest absolute Gasteiger partial charge is 0.485 e. The Morgan fingerprint density at radius 3 is 2.50 bits per heavy atom. The summed E-state index contributed by atoms with van der Waals surface area (Å²) in [6.07, 6.45) is -0.860. The molecule has 1 aromatic carbocycles. The van der Waals surface area contributed by atoms with Crippen LogP contribution < -0.4 is 4.74 Å². The Kier molecular flexibility index (Phi) is 5.22. The zero-order valence-corrected chi connectivity index (χ0v) is 10.2. The average Bonchev–Trinajstić information content (AvgIpc) is 2.27. The van der Waals surface area contributed by atoms with Crippen molar-refractivity contribution in [3.8, 4) is 5.75 Å². The molecule has 0 radical (unpaired) electrons. The van der Waals surface area contributed by atoms with E-state index < -0.39 is 6.10 Å². The SMILES string of the molecule is CC(O)C(C)OC(=S)COc1ccccc1. The number of aliphatic hydroxyl groups is 1. The molecule has 0 aliphatic heterocycles. The van der Waals surface area contributed by atoms with E-state index in [2.05, 4.69) is 0 Å². The first kappa shape index (κ1) is 12.9. The molecule has 0 saturated carbocycles. The molecule has 0 amide bonds. The van der Waals surface area contributed by atoms with Crippen LogP contribution in [0.5, 0.6) is 5.75 Å². The number of benzene rings is 1. The zero-order valence-electron chi connectivity index (χ0n) is 9.42. The second-order valence-electron chi connectivity index (χ2n) is 3.54. The molecule has 2 atom stereocenters. The average molecular weight is 240 g/mol. The molecule has 4 heteroatoms. The van der Waals surface area contributed by atoms with Crippen LogP contribution in [0.25, 0.3) is 0 Å². The smallest absolute Gasteiger partial charge is 0.198 e. The molecule has 88 valence electrons. The van der Waals surface area contributed by atoms with Crippen molar-refractivity contribution in [2.45, 2.75) is 26.1 Å². The maximum atomic E-state index is 9.23. The summed E-state index contributed by atoms with van der Waals surface area (Å²) in [6, 6.07) is 9.38. The lowest BCUT2D eigenvalue weighted by Gasteiger charge is -2.17. The topological polar surface area (TPSA) is 38.7 Å². The molecule has 1 aromatic rings. The third kappa shape index (κ3) is 4.59. The predicted molar refractivity (Wildman–Crippen MR) is 66.8 cm³/mol. The molecule has 3 nitrogen and oxygen atoms in total. The van der Waals surface area contributed by atoms with Crippen LogP contribution in [0.1, 0.15) is 13.8 Å². The number of hydrogen-bond donors (Lipinski definition) is 1. The Morgan fingerprint density at radius 2 is 1.94 bits per heavy atom. The molecule has 1 N–H and O–H groups in total. The van der Waals surface area contributed by atoms with Gasteiger partial charge in [0, 0.05) is 0 Å². The van der Waals surface area contributed by atoms with Crippen molar-refractivity contribution in [2.24, 2.45) is 0 Å². The van der Waals surface area contributed by atoms with Gasteiger partial charge in [-0.2, -0.15) is 0 Å². The van der Waals surface area contributed by atoms with Gasteiger partial charge in [0.2, 0.25) is 0 Å². The van der Waals surface area contributed by atoms with Crippen LogP contribution in [0, 0.1) is 0 Å². The van der Waals surface area contributed by atoms with E-state index in [1.807, 2.05) is 30.3 Å². The first-order chi connectivity index (χ1) is 7.59. The van der Waals surface area contributed by atoms with E-state index in [1.165, 1.54) is 0 Å². The molecule has 2 unspecified atom stereocenters. The molecule has 0 saturated heterocycles. The normalized spacial score (nSPS) is 13.9. The van der Waals surface area contributed by atoms with E-state index in [-0.39, 0.29) is 12.7 Å². The minimum absolute atomic E-state index is 0.219. The lowest BCUT2D eigenvalue weighted by molar-refractivity contribution is 0.0510. The van der Waals surface area contributed by atoms with Gasteiger partial charge in [0.15, 0.2) is 11.7 Å². The third-order valence-corrected chi connectivity index (χ3v) is 2.31. The van der Waals surface area contributed by atoms with Gasteiger partial charge < -0.3 is 14.6 Å². The molecular weight excluding hydrogens is 224 g/mol. The molecule has 0 bridgehead atoms. The Morgan fingerprint density at radius 1 is 1.31 bits per heavy atom. The summed E-state index contributed by atoms with van der Waals surface area (Å²) in [5.74, 6) is 0.748. The molecule has 1 rings (SSSR count). The number of aliphatic hydroxyl groups excluding tert-OH is 1. The summed E-state index contributed by atoms with van der Waals surface area (Å²) in [5, 5.41) is 9.57.